The molecule has 1 heterocycles. The summed E-state index contributed by atoms with van der Waals surface area (Å²) in [5.74, 6) is -1.21. The number of hydrogen-bond acceptors (Lipinski definition) is 3. The minimum Gasteiger partial charge on any atom is -0.320 e. The van der Waals surface area contributed by atoms with Crippen molar-refractivity contribution in [1.29, 1.82) is 0 Å². The Morgan fingerprint density at radius 3 is 2.44 bits per heavy atom. The average molecular weight is 268 g/mol. The van der Waals surface area contributed by atoms with E-state index < -0.39 is 17.2 Å². The van der Waals surface area contributed by atoms with Gasteiger partial charge in [0.25, 0.3) is 0 Å². The van der Waals surface area contributed by atoms with Gasteiger partial charge in [-0.1, -0.05) is 6.92 Å². The maximum Gasteiger partial charge on any atom is 0.126 e. The van der Waals surface area contributed by atoms with Crippen molar-refractivity contribution in [2.45, 2.75) is 25.8 Å². The smallest absolute Gasteiger partial charge is 0.126 e. The summed E-state index contributed by atoms with van der Waals surface area (Å²) in [6.07, 6.45) is 0.747. The van der Waals surface area contributed by atoms with Gasteiger partial charge in [-0.3, -0.25) is 0 Å². The fourth-order valence-corrected chi connectivity index (χ4v) is 2.50. The molecule has 1 aromatic carbocycles. The Balaban J connectivity index is 2.41. The minimum atomic E-state index is -0.606. The van der Waals surface area contributed by atoms with Gasteiger partial charge in [-0.05, 0) is 25.5 Å². The van der Waals surface area contributed by atoms with Crippen molar-refractivity contribution in [2.24, 2.45) is 5.73 Å². The van der Waals surface area contributed by atoms with E-state index in [9.17, 15) is 8.78 Å². The molecule has 2 N–H and O–H groups in total. The van der Waals surface area contributed by atoms with Crippen LogP contribution in [0.1, 0.15) is 25.3 Å². The molecule has 0 saturated heterocycles. The highest BCUT2D eigenvalue weighted by molar-refractivity contribution is 7.10. The molecule has 2 aromatic rings. The van der Waals surface area contributed by atoms with Gasteiger partial charge in [-0.2, -0.15) is 0 Å². The lowest BCUT2D eigenvalue weighted by atomic mass is 10.0. The quantitative estimate of drug-likeness (QED) is 0.922. The molecule has 0 aliphatic rings. The van der Waals surface area contributed by atoms with E-state index in [1.807, 2.05) is 13.8 Å². The molecule has 0 spiro atoms. The molecule has 18 heavy (non-hydrogen) atoms. The zero-order chi connectivity index (χ0) is 13.3. The fourth-order valence-electron chi connectivity index (χ4n) is 1.52. The first-order valence-corrected chi connectivity index (χ1v) is 6.51. The van der Waals surface area contributed by atoms with E-state index >= 15 is 0 Å². The van der Waals surface area contributed by atoms with E-state index in [0.29, 0.717) is 11.3 Å². The highest BCUT2D eigenvalue weighted by atomic mass is 32.1. The second kappa shape index (κ2) is 4.74. The zero-order valence-corrected chi connectivity index (χ0v) is 11.0. The topological polar surface area (TPSA) is 38.9 Å². The maximum absolute atomic E-state index is 13.1. The number of hydrogen-bond donors (Lipinski definition) is 1. The molecular weight excluding hydrogens is 254 g/mol. The number of nitrogens with two attached hydrogens (primary N) is 1. The second-order valence-corrected chi connectivity index (χ2v) is 5.33. The van der Waals surface area contributed by atoms with E-state index in [4.69, 9.17) is 5.73 Å². The molecule has 0 amide bonds. The monoisotopic (exact) mass is 268 g/mol. The van der Waals surface area contributed by atoms with Gasteiger partial charge in [-0.25, -0.2) is 13.8 Å². The Hall–Kier alpha value is -1.33. The molecule has 1 atom stereocenters. The van der Waals surface area contributed by atoms with E-state index in [-0.39, 0.29) is 0 Å². The van der Waals surface area contributed by atoms with Crippen LogP contribution in [0.5, 0.6) is 0 Å². The largest absolute Gasteiger partial charge is 0.320 e. The lowest BCUT2D eigenvalue weighted by Crippen LogP contribution is -2.31. The Kier molecular flexibility index (Phi) is 3.45. The highest BCUT2D eigenvalue weighted by Gasteiger charge is 2.23. The zero-order valence-electron chi connectivity index (χ0n) is 10.2. The first kappa shape index (κ1) is 13.1. The average Bonchev–Trinajstić information content (AvgIpc) is 2.77. The van der Waals surface area contributed by atoms with Gasteiger partial charge in [0, 0.05) is 17.0 Å². The summed E-state index contributed by atoms with van der Waals surface area (Å²) in [5.41, 5.74) is 6.57. The van der Waals surface area contributed by atoms with E-state index in [1.165, 1.54) is 23.5 Å². The fraction of sp³-hybridized carbons (Fsp3) is 0.308. The standard InChI is InChI=1S/C13H14F2N2S/c1-3-13(2,16)12-17-11(7-18-12)8-4-9(14)6-10(15)5-8/h4-7H,3,16H2,1-2H3. The molecule has 0 radical (unpaired) electrons. The van der Waals surface area contributed by atoms with E-state index in [2.05, 4.69) is 4.98 Å². The summed E-state index contributed by atoms with van der Waals surface area (Å²) in [4.78, 5) is 4.37. The number of thiazole rings is 1. The number of halogens is 2. The summed E-state index contributed by atoms with van der Waals surface area (Å²) in [5, 5.41) is 2.54. The third-order valence-electron chi connectivity index (χ3n) is 2.89. The molecule has 5 heteroatoms. The van der Waals surface area contributed by atoms with Crippen molar-refractivity contribution < 1.29 is 8.78 Å². The SMILES string of the molecule is CCC(C)(N)c1nc(-c2cc(F)cc(F)c2)cs1. The van der Waals surface area contributed by atoms with Crippen LogP contribution in [0.2, 0.25) is 0 Å². The highest BCUT2D eigenvalue weighted by Crippen LogP contribution is 2.29. The number of nitrogens with zero attached hydrogens (tertiary/aromatic N) is 1. The van der Waals surface area contributed by atoms with Gasteiger partial charge in [0.05, 0.1) is 11.2 Å². The third-order valence-corrected chi connectivity index (χ3v) is 4.01. The van der Waals surface area contributed by atoms with Crippen LogP contribution in [-0.4, -0.2) is 4.98 Å². The molecule has 2 rings (SSSR count). The molecule has 96 valence electrons. The van der Waals surface area contributed by atoms with Crippen LogP contribution in [0.25, 0.3) is 11.3 Å². The predicted molar refractivity (Wildman–Crippen MR) is 69.3 cm³/mol. The van der Waals surface area contributed by atoms with Gasteiger partial charge >= 0.3 is 0 Å². The van der Waals surface area contributed by atoms with Crippen molar-refractivity contribution >= 4 is 11.3 Å². The molecule has 0 fully saturated rings. The Morgan fingerprint density at radius 1 is 1.28 bits per heavy atom. The van der Waals surface area contributed by atoms with Gasteiger partial charge < -0.3 is 5.73 Å². The van der Waals surface area contributed by atoms with E-state index in [1.54, 1.807) is 5.38 Å². The van der Waals surface area contributed by atoms with Gasteiger partial charge in [-0.15, -0.1) is 11.3 Å². The van der Waals surface area contributed by atoms with Gasteiger partial charge in [0.1, 0.15) is 16.6 Å². The van der Waals surface area contributed by atoms with Crippen LogP contribution < -0.4 is 5.73 Å². The molecule has 2 nitrogen and oxygen atoms in total. The van der Waals surface area contributed by atoms with Crippen LogP contribution in [0, 0.1) is 11.6 Å². The normalized spacial score (nSPS) is 14.5. The van der Waals surface area contributed by atoms with Gasteiger partial charge in [0.15, 0.2) is 0 Å². The molecule has 1 unspecified atom stereocenters. The predicted octanol–water partition coefficient (Wildman–Crippen LogP) is 3.67. The summed E-state index contributed by atoms with van der Waals surface area (Å²) in [6, 6.07) is 3.37. The molecule has 1 aromatic heterocycles. The van der Waals surface area contributed by atoms with Gasteiger partial charge in [0.2, 0.25) is 0 Å². The molecule has 0 aliphatic heterocycles. The Morgan fingerprint density at radius 2 is 1.89 bits per heavy atom. The van der Waals surface area contributed by atoms with Crippen molar-refractivity contribution in [1.82, 2.24) is 4.98 Å². The minimum absolute atomic E-state index is 0.432. The van der Waals surface area contributed by atoms with Crippen molar-refractivity contribution in [3.63, 3.8) is 0 Å². The third kappa shape index (κ3) is 2.57. The first-order chi connectivity index (χ1) is 8.42. The Bertz CT molecular complexity index is 544. The lowest BCUT2D eigenvalue weighted by molar-refractivity contribution is 0.474. The molecule has 0 bridgehead atoms. The number of rotatable bonds is 3. The maximum atomic E-state index is 13.1. The summed E-state index contributed by atoms with van der Waals surface area (Å²) in [6.45, 7) is 3.87. The summed E-state index contributed by atoms with van der Waals surface area (Å²) < 4.78 is 26.3. The number of benzene rings is 1. The van der Waals surface area contributed by atoms with Crippen LogP contribution >= 0.6 is 11.3 Å². The summed E-state index contributed by atoms with van der Waals surface area (Å²) >= 11 is 1.41. The first-order valence-electron chi connectivity index (χ1n) is 5.64. The second-order valence-electron chi connectivity index (χ2n) is 4.47. The van der Waals surface area contributed by atoms with Crippen molar-refractivity contribution in [3.8, 4) is 11.3 Å². The molecular formula is C13H14F2N2S. The summed E-state index contributed by atoms with van der Waals surface area (Å²) in [7, 11) is 0. The number of aromatic nitrogens is 1. The molecule has 0 saturated carbocycles. The van der Waals surface area contributed by atoms with E-state index in [0.717, 1.165) is 17.5 Å². The van der Waals surface area contributed by atoms with Crippen LogP contribution in [-0.2, 0) is 5.54 Å². The molecule has 0 aliphatic carbocycles. The lowest BCUT2D eigenvalue weighted by Gasteiger charge is -2.18. The van der Waals surface area contributed by atoms with Crippen LogP contribution in [0.15, 0.2) is 23.6 Å². The van der Waals surface area contributed by atoms with Crippen LogP contribution in [0.4, 0.5) is 8.78 Å². The van der Waals surface area contributed by atoms with Crippen molar-refractivity contribution in [3.05, 3.63) is 40.2 Å². The van der Waals surface area contributed by atoms with Crippen molar-refractivity contribution in [2.75, 3.05) is 0 Å². The van der Waals surface area contributed by atoms with Crippen LogP contribution in [0.3, 0.4) is 0 Å². The Labute approximate surface area is 108 Å².